The molecule has 0 spiro atoms. The zero-order valence-corrected chi connectivity index (χ0v) is 8.56. The highest BCUT2D eigenvalue weighted by molar-refractivity contribution is 5.68. The summed E-state index contributed by atoms with van der Waals surface area (Å²) in [5.41, 5.74) is 0. The molecule has 5 nitrogen and oxygen atoms in total. The molecule has 0 aliphatic carbocycles. The molecule has 0 aromatic rings. The number of likely N-dealkylation sites (N-methyl/N-ethyl adjacent to an activating group) is 1. The van der Waals surface area contributed by atoms with Gasteiger partial charge in [-0.15, -0.1) is 0 Å². The van der Waals surface area contributed by atoms with Crippen molar-refractivity contribution < 1.29 is 9.53 Å². The summed E-state index contributed by atoms with van der Waals surface area (Å²) < 4.78 is 4.87. The molecule has 0 radical (unpaired) electrons. The molecule has 0 N–H and O–H groups in total. The van der Waals surface area contributed by atoms with Gasteiger partial charge in [-0.1, -0.05) is 0 Å². The van der Waals surface area contributed by atoms with E-state index in [0.29, 0.717) is 13.1 Å². The average molecular weight is 197 g/mol. The molecule has 1 rings (SSSR count). The largest absolute Gasteiger partial charge is 0.448 e. The Hall–Kier alpha value is -1.28. The molecule has 0 saturated carbocycles. The van der Waals surface area contributed by atoms with Crippen molar-refractivity contribution in [3.05, 3.63) is 0 Å². The summed E-state index contributed by atoms with van der Waals surface area (Å²) in [6, 6.07) is 2.11. The van der Waals surface area contributed by atoms with Crippen LogP contribution in [0.15, 0.2) is 0 Å². The fourth-order valence-corrected chi connectivity index (χ4v) is 1.24. The van der Waals surface area contributed by atoms with E-state index >= 15 is 0 Å². The minimum atomic E-state index is -0.307. The van der Waals surface area contributed by atoms with Gasteiger partial charge in [0.25, 0.3) is 0 Å². The standard InChI is InChI=1S/C9H15N3O2/c1-11(2)3-4-12-6-8(5-10)7-14-9(12)13/h8H,3-4,6-7H2,1-2H3. The first kappa shape index (κ1) is 10.8. The van der Waals surface area contributed by atoms with Gasteiger partial charge in [0, 0.05) is 19.6 Å². The minimum absolute atomic E-state index is 0.185. The normalized spacial score (nSPS) is 22.0. The molecule has 1 unspecified atom stereocenters. The molecule has 1 atom stereocenters. The van der Waals surface area contributed by atoms with Crippen LogP contribution in [0.2, 0.25) is 0 Å². The molecule has 78 valence electrons. The molecule has 0 aromatic heterocycles. The summed E-state index contributed by atoms with van der Waals surface area (Å²) >= 11 is 0. The van der Waals surface area contributed by atoms with Gasteiger partial charge in [-0.3, -0.25) is 0 Å². The van der Waals surface area contributed by atoms with Crippen molar-refractivity contribution in [1.82, 2.24) is 9.80 Å². The number of nitriles is 1. The van der Waals surface area contributed by atoms with E-state index in [1.165, 1.54) is 0 Å². The summed E-state index contributed by atoms with van der Waals surface area (Å²) in [6.07, 6.45) is -0.307. The van der Waals surface area contributed by atoms with Crippen LogP contribution in [-0.2, 0) is 4.74 Å². The highest BCUT2D eigenvalue weighted by Gasteiger charge is 2.26. The average Bonchev–Trinajstić information content (AvgIpc) is 2.16. The van der Waals surface area contributed by atoms with Crippen molar-refractivity contribution in [3.8, 4) is 6.07 Å². The monoisotopic (exact) mass is 197 g/mol. The molecule has 0 bridgehead atoms. The molecule has 14 heavy (non-hydrogen) atoms. The highest BCUT2D eigenvalue weighted by atomic mass is 16.6. The SMILES string of the molecule is CN(C)CCN1CC(C#N)COC1=O. The van der Waals surface area contributed by atoms with Crippen LogP contribution in [0.1, 0.15) is 0 Å². The number of ether oxygens (including phenoxy) is 1. The van der Waals surface area contributed by atoms with E-state index in [-0.39, 0.29) is 18.6 Å². The first-order valence-electron chi connectivity index (χ1n) is 4.59. The van der Waals surface area contributed by atoms with Crippen molar-refractivity contribution in [1.29, 1.82) is 5.26 Å². The Morgan fingerprint density at radius 1 is 1.71 bits per heavy atom. The third-order valence-corrected chi connectivity index (χ3v) is 2.11. The van der Waals surface area contributed by atoms with Gasteiger partial charge in [0.15, 0.2) is 0 Å². The Morgan fingerprint density at radius 2 is 2.43 bits per heavy atom. The van der Waals surface area contributed by atoms with E-state index in [1.807, 2.05) is 19.0 Å². The Bertz CT molecular complexity index is 247. The molecular formula is C9H15N3O2. The van der Waals surface area contributed by atoms with Crippen LogP contribution in [-0.4, -0.2) is 56.2 Å². The van der Waals surface area contributed by atoms with Gasteiger partial charge in [-0.25, -0.2) is 4.79 Å². The van der Waals surface area contributed by atoms with Gasteiger partial charge in [-0.2, -0.15) is 5.26 Å². The fraction of sp³-hybridized carbons (Fsp3) is 0.778. The summed E-state index contributed by atoms with van der Waals surface area (Å²) in [5, 5.41) is 8.69. The smallest absolute Gasteiger partial charge is 0.409 e. The van der Waals surface area contributed by atoms with E-state index in [2.05, 4.69) is 6.07 Å². The van der Waals surface area contributed by atoms with Gasteiger partial charge >= 0.3 is 6.09 Å². The predicted molar refractivity (Wildman–Crippen MR) is 50.6 cm³/mol. The van der Waals surface area contributed by atoms with E-state index < -0.39 is 0 Å². The zero-order valence-electron chi connectivity index (χ0n) is 8.56. The number of carbonyl (C=O) groups excluding carboxylic acids is 1. The van der Waals surface area contributed by atoms with Gasteiger partial charge in [-0.05, 0) is 14.1 Å². The van der Waals surface area contributed by atoms with E-state index in [9.17, 15) is 4.79 Å². The molecule has 0 aromatic carbocycles. The Morgan fingerprint density at radius 3 is 3.00 bits per heavy atom. The maximum absolute atomic E-state index is 11.2. The van der Waals surface area contributed by atoms with Crippen LogP contribution in [0.3, 0.4) is 0 Å². The molecule has 1 amide bonds. The molecule has 1 aliphatic rings. The van der Waals surface area contributed by atoms with E-state index in [4.69, 9.17) is 10.00 Å². The Kier molecular flexibility index (Phi) is 3.72. The van der Waals surface area contributed by atoms with E-state index in [0.717, 1.165) is 6.54 Å². The highest BCUT2D eigenvalue weighted by Crippen LogP contribution is 2.09. The fourth-order valence-electron chi connectivity index (χ4n) is 1.24. The topological polar surface area (TPSA) is 56.6 Å². The number of hydrogen-bond donors (Lipinski definition) is 0. The third kappa shape index (κ3) is 2.89. The van der Waals surface area contributed by atoms with E-state index in [1.54, 1.807) is 4.90 Å². The van der Waals surface area contributed by atoms with Crippen molar-refractivity contribution in [2.75, 3.05) is 40.3 Å². The number of cyclic esters (lactones) is 1. The third-order valence-electron chi connectivity index (χ3n) is 2.11. The second-order valence-electron chi connectivity index (χ2n) is 3.65. The number of carbonyl (C=O) groups is 1. The van der Waals surface area contributed by atoms with Gasteiger partial charge < -0.3 is 14.5 Å². The lowest BCUT2D eigenvalue weighted by Gasteiger charge is -2.29. The number of nitrogens with zero attached hydrogens (tertiary/aromatic N) is 3. The number of rotatable bonds is 3. The van der Waals surface area contributed by atoms with Crippen LogP contribution in [0.4, 0.5) is 4.79 Å². The molecule has 1 fully saturated rings. The van der Waals surface area contributed by atoms with Gasteiger partial charge in [0.1, 0.15) is 6.61 Å². The molecule has 1 saturated heterocycles. The predicted octanol–water partition coefficient (Wildman–Crippen LogP) is 0.140. The molecule has 1 aliphatic heterocycles. The van der Waals surface area contributed by atoms with Crippen LogP contribution in [0, 0.1) is 17.2 Å². The molecular weight excluding hydrogens is 182 g/mol. The van der Waals surface area contributed by atoms with Crippen molar-refractivity contribution in [2.24, 2.45) is 5.92 Å². The van der Waals surface area contributed by atoms with Gasteiger partial charge in [0.2, 0.25) is 0 Å². The van der Waals surface area contributed by atoms with Crippen molar-refractivity contribution in [3.63, 3.8) is 0 Å². The van der Waals surface area contributed by atoms with Gasteiger partial charge in [0.05, 0.1) is 12.0 Å². The minimum Gasteiger partial charge on any atom is -0.448 e. The van der Waals surface area contributed by atoms with Crippen molar-refractivity contribution >= 4 is 6.09 Å². The summed E-state index contributed by atoms with van der Waals surface area (Å²) in [6.45, 7) is 2.12. The second kappa shape index (κ2) is 4.82. The Balaban J connectivity index is 2.41. The van der Waals surface area contributed by atoms with Crippen LogP contribution < -0.4 is 0 Å². The number of hydrogen-bond acceptors (Lipinski definition) is 4. The summed E-state index contributed by atoms with van der Waals surface area (Å²) in [4.78, 5) is 14.8. The maximum atomic E-state index is 11.2. The zero-order chi connectivity index (χ0) is 10.6. The van der Waals surface area contributed by atoms with Crippen LogP contribution in [0.5, 0.6) is 0 Å². The maximum Gasteiger partial charge on any atom is 0.409 e. The lowest BCUT2D eigenvalue weighted by molar-refractivity contribution is 0.0543. The quantitative estimate of drug-likeness (QED) is 0.645. The Labute approximate surface area is 83.8 Å². The van der Waals surface area contributed by atoms with Crippen molar-refractivity contribution in [2.45, 2.75) is 0 Å². The molecule has 1 heterocycles. The first-order chi connectivity index (χ1) is 6.63. The first-order valence-corrected chi connectivity index (χ1v) is 4.59. The summed E-state index contributed by atoms with van der Waals surface area (Å²) in [7, 11) is 3.88. The molecule has 5 heteroatoms. The second-order valence-corrected chi connectivity index (χ2v) is 3.65. The lowest BCUT2D eigenvalue weighted by Crippen LogP contribution is -2.45. The lowest BCUT2D eigenvalue weighted by atomic mass is 10.1. The number of amides is 1. The van der Waals surface area contributed by atoms with Crippen LogP contribution >= 0.6 is 0 Å². The van der Waals surface area contributed by atoms with Crippen LogP contribution in [0.25, 0.3) is 0 Å². The summed E-state index contributed by atoms with van der Waals surface area (Å²) in [5.74, 6) is -0.185.